The van der Waals surface area contributed by atoms with E-state index in [-0.39, 0.29) is 10.6 Å². The van der Waals surface area contributed by atoms with Crippen LogP contribution in [0.3, 0.4) is 0 Å². The number of nitrogens with zero attached hydrogens (tertiary/aromatic N) is 1. The van der Waals surface area contributed by atoms with Gasteiger partial charge >= 0.3 is 0 Å². The van der Waals surface area contributed by atoms with Crippen LogP contribution in [0.5, 0.6) is 5.75 Å². The van der Waals surface area contributed by atoms with E-state index < -0.39 is 23.0 Å². The molecular formula is C14H18FN3O2S. The van der Waals surface area contributed by atoms with Crippen molar-refractivity contribution in [2.75, 3.05) is 20.1 Å². The Morgan fingerprint density at radius 2 is 2.10 bits per heavy atom. The Labute approximate surface area is 127 Å². The molecule has 0 spiro atoms. The van der Waals surface area contributed by atoms with Gasteiger partial charge in [-0.3, -0.25) is 4.79 Å². The first-order valence-electron chi connectivity index (χ1n) is 6.63. The molecule has 1 aromatic rings. The minimum Gasteiger partial charge on any atom is -0.507 e. The number of hydrogen-bond donors (Lipinski definition) is 3. The Morgan fingerprint density at radius 1 is 1.48 bits per heavy atom. The van der Waals surface area contributed by atoms with Crippen molar-refractivity contribution in [3.63, 3.8) is 0 Å². The molecule has 0 atom stereocenters. The molecule has 4 N–H and O–H groups in total. The SMILES string of the molecule is CN1CCC(NC(=O)c2ccc(F)cc2O)(C(N)=S)CC1. The first-order valence-corrected chi connectivity index (χ1v) is 7.04. The highest BCUT2D eigenvalue weighted by molar-refractivity contribution is 7.80. The summed E-state index contributed by atoms with van der Waals surface area (Å²) in [5.41, 5.74) is 5.05. The highest BCUT2D eigenvalue weighted by Gasteiger charge is 2.38. The average molecular weight is 311 g/mol. The monoisotopic (exact) mass is 311 g/mol. The fourth-order valence-electron chi connectivity index (χ4n) is 2.41. The Bertz CT molecular complexity index is 571. The maximum atomic E-state index is 13.0. The van der Waals surface area contributed by atoms with Crippen molar-refractivity contribution < 1.29 is 14.3 Å². The lowest BCUT2D eigenvalue weighted by Crippen LogP contribution is -2.61. The van der Waals surface area contributed by atoms with Crippen molar-refractivity contribution in [3.8, 4) is 5.75 Å². The molecule has 1 saturated heterocycles. The summed E-state index contributed by atoms with van der Waals surface area (Å²) in [7, 11) is 1.98. The Hall–Kier alpha value is -1.73. The summed E-state index contributed by atoms with van der Waals surface area (Å²) in [6.45, 7) is 1.51. The van der Waals surface area contributed by atoms with Crippen LogP contribution in [-0.2, 0) is 0 Å². The molecule has 1 aliphatic rings. The number of phenols is 1. The van der Waals surface area contributed by atoms with Crippen molar-refractivity contribution in [1.82, 2.24) is 10.2 Å². The zero-order chi connectivity index (χ0) is 15.6. The fraction of sp³-hybridized carbons (Fsp3) is 0.429. The van der Waals surface area contributed by atoms with Gasteiger partial charge in [-0.2, -0.15) is 0 Å². The van der Waals surface area contributed by atoms with Gasteiger partial charge < -0.3 is 21.1 Å². The highest BCUT2D eigenvalue weighted by Crippen LogP contribution is 2.25. The maximum Gasteiger partial charge on any atom is 0.255 e. The summed E-state index contributed by atoms with van der Waals surface area (Å²) in [5.74, 6) is -1.52. The smallest absolute Gasteiger partial charge is 0.255 e. The first kappa shape index (κ1) is 15.7. The number of carbonyl (C=O) groups excluding carboxylic acids is 1. The number of likely N-dealkylation sites (tertiary alicyclic amines) is 1. The van der Waals surface area contributed by atoms with Crippen molar-refractivity contribution >= 4 is 23.1 Å². The molecule has 1 amide bonds. The van der Waals surface area contributed by atoms with Crippen LogP contribution < -0.4 is 11.1 Å². The molecule has 2 rings (SSSR count). The number of carbonyl (C=O) groups is 1. The number of benzene rings is 1. The third-order valence-corrected chi connectivity index (χ3v) is 4.26. The number of phenolic OH excluding ortho intramolecular Hbond substituents is 1. The summed E-state index contributed by atoms with van der Waals surface area (Å²) in [5, 5.41) is 12.5. The molecule has 0 aromatic heterocycles. The van der Waals surface area contributed by atoms with Gasteiger partial charge in [0.15, 0.2) is 0 Å². The molecule has 21 heavy (non-hydrogen) atoms. The number of piperidine rings is 1. The van der Waals surface area contributed by atoms with Crippen LogP contribution in [-0.4, -0.2) is 46.6 Å². The molecular weight excluding hydrogens is 293 g/mol. The van der Waals surface area contributed by atoms with Crippen molar-refractivity contribution in [1.29, 1.82) is 0 Å². The number of rotatable bonds is 3. The van der Waals surface area contributed by atoms with E-state index >= 15 is 0 Å². The van der Waals surface area contributed by atoms with Gasteiger partial charge in [-0.15, -0.1) is 0 Å². The number of amides is 1. The average Bonchev–Trinajstić information content (AvgIpc) is 2.41. The lowest BCUT2D eigenvalue weighted by atomic mass is 9.87. The minimum absolute atomic E-state index is 0.00551. The number of thiocarbonyl (C=S) groups is 1. The molecule has 0 saturated carbocycles. The number of aromatic hydroxyl groups is 1. The second-order valence-electron chi connectivity index (χ2n) is 5.37. The van der Waals surface area contributed by atoms with Crippen LogP contribution in [0.25, 0.3) is 0 Å². The fourth-order valence-corrected chi connectivity index (χ4v) is 2.67. The second kappa shape index (κ2) is 5.95. The third-order valence-electron chi connectivity index (χ3n) is 3.87. The standard InChI is InChI=1S/C14H18FN3O2S/c1-18-6-4-14(5-7-18,13(16)21)17-12(20)10-3-2-9(15)8-11(10)19/h2-3,8,19H,4-7H2,1H3,(H2,16,21)(H,17,20). The van der Waals surface area contributed by atoms with Gasteiger partial charge in [-0.25, -0.2) is 4.39 Å². The van der Waals surface area contributed by atoms with E-state index in [0.29, 0.717) is 12.8 Å². The van der Waals surface area contributed by atoms with Crippen LogP contribution in [0.2, 0.25) is 0 Å². The summed E-state index contributed by atoms with van der Waals surface area (Å²) < 4.78 is 13.0. The highest BCUT2D eigenvalue weighted by atomic mass is 32.1. The normalized spacial score (nSPS) is 18.2. The van der Waals surface area contributed by atoms with Crippen LogP contribution in [0.15, 0.2) is 18.2 Å². The lowest BCUT2D eigenvalue weighted by Gasteiger charge is -2.40. The molecule has 114 valence electrons. The summed E-state index contributed by atoms with van der Waals surface area (Å²) in [4.78, 5) is 14.7. The van der Waals surface area contributed by atoms with Crippen molar-refractivity contribution in [2.45, 2.75) is 18.4 Å². The molecule has 1 aromatic carbocycles. The van der Waals surface area contributed by atoms with Gasteiger partial charge in [0.05, 0.1) is 16.1 Å². The quantitative estimate of drug-likeness (QED) is 0.726. The first-order chi connectivity index (χ1) is 9.84. The number of nitrogens with two attached hydrogens (primary N) is 1. The van der Waals surface area contributed by atoms with Gasteiger partial charge in [-0.1, -0.05) is 12.2 Å². The molecule has 0 bridgehead atoms. The molecule has 1 aliphatic heterocycles. The van der Waals surface area contributed by atoms with Gasteiger partial charge in [0.2, 0.25) is 0 Å². The van der Waals surface area contributed by atoms with Gasteiger partial charge in [-0.05, 0) is 32.0 Å². The largest absolute Gasteiger partial charge is 0.507 e. The Morgan fingerprint density at radius 3 is 2.62 bits per heavy atom. The van der Waals surface area contributed by atoms with Crippen molar-refractivity contribution in [2.24, 2.45) is 5.73 Å². The molecule has 7 heteroatoms. The molecule has 1 heterocycles. The van der Waals surface area contributed by atoms with Crippen LogP contribution in [0, 0.1) is 5.82 Å². The van der Waals surface area contributed by atoms with Gasteiger partial charge in [0, 0.05) is 19.2 Å². The van der Waals surface area contributed by atoms with E-state index in [0.717, 1.165) is 25.2 Å². The van der Waals surface area contributed by atoms with Crippen LogP contribution in [0.4, 0.5) is 4.39 Å². The molecule has 0 unspecified atom stereocenters. The van der Waals surface area contributed by atoms with E-state index in [1.165, 1.54) is 6.07 Å². The summed E-state index contributed by atoms with van der Waals surface area (Å²) >= 11 is 5.11. The Kier molecular flexibility index (Phi) is 4.43. The summed E-state index contributed by atoms with van der Waals surface area (Å²) in [6, 6.07) is 3.26. The minimum atomic E-state index is -0.764. The molecule has 0 radical (unpaired) electrons. The van der Waals surface area contributed by atoms with E-state index in [4.69, 9.17) is 18.0 Å². The number of halogens is 1. The van der Waals surface area contributed by atoms with E-state index in [1.807, 2.05) is 7.05 Å². The summed E-state index contributed by atoms with van der Waals surface area (Å²) in [6.07, 6.45) is 1.21. The topological polar surface area (TPSA) is 78.6 Å². The van der Waals surface area contributed by atoms with Crippen LogP contribution in [0.1, 0.15) is 23.2 Å². The van der Waals surface area contributed by atoms with E-state index in [9.17, 15) is 14.3 Å². The predicted octanol–water partition coefficient (Wildman–Crippen LogP) is 1.01. The van der Waals surface area contributed by atoms with Gasteiger partial charge in [0.25, 0.3) is 5.91 Å². The van der Waals surface area contributed by atoms with E-state index in [1.54, 1.807) is 0 Å². The van der Waals surface area contributed by atoms with E-state index in [2.05, 4.69) is 10.2 Å². The number of hydrogen-bond acceptors (Lipinski definition) is 4. The predicted molar refractivity (Wildman–Crippen MR) is 81.8 cm³/mol. The molecule has 5 nitrogen and oxygen atoms in total. The Balaban J connectivity index is 2.21. The third kappa shape index (κ3) is 3.30. The maximum absolute atomic E-state index is 13.0. The number of nitrogens with one attached hydrogen (secondary N) is 1. The lowest BCUT2D eigenvalue weighted by molar-refractivity contribution is 0.0887. The second-order valence-corrected chi connectivity index (χ2v) is 5.81. The van der Waals surface area contributed by atoms with Gasteiger partial charge in [0.1, 0.15) is 11.6 Å². The zero-order valence-electron chi connectivity index (χ0n) is 11.7. The van der Waals surface area contributed by atoms with Crippen molar-refractivity contribution in [3.05, 3.63) is 29.6 Å². The molecule has 0 aliphatic carbocycles. The zero-order valence-corrected chi connectivity index (χ0v) is 12.5. The molecule has 1 fully saturated rings. The van der Waals surface area contributed by atoms with Crippen LogP contribution >= 0.6 is 12.2 Å².